The molecule has 0 aromatic carbocycles. The molecule has 2 aliphatic carbocycles. The Morgan fingerprint density at radius 2 is 1.95 bits per heavy atom. The molecule has 2 saturated carbocycles. The third kappa shape index (κ3) is 1.54. The molecular weight excluding hydrogens is 256 g/mol. The molecule has 2 fully saturated rings. The van der Waals surface area contributed by atoms with Crippen molar-refractivity contribution in [2.24, 2.45) is 0 Å². The largest absolute Gasteiger partial charge is 0.454 e. The number of ether oxygens (including phenoxy) is 2. The molecular formula is C16H18O4. The van der Waals surface area contributed by atoms with Gasteiger partial charge in [-0.05, 0) is 62.5 Å². The molecule has 4 rings (SSSR count). The van der Waals surface area contributed by atoms with Crippen molar-refractivity contribution in [3.8, 4) is 0 Å². The Morgan fingerprint density at radius 3 is 2.85 bits per heavy atom. The van der Waals surface area contributed by atoms with E-state index in [1.165, 1.54) is 0 Å². The molecule has 0 amide bonds. The third-order valence-corrected chi connectivity index (χ3v) is 5.04. The van der Waals surface area contributed by atoms with Gasteiger partial charge in [0.2, 0.25) is 0 Å². The van der Waals surface area contributed by atoms with Gasteiger partial charge in [-0.15, -0.1) is 0 Å². The summed E-state index contributed by atoms with van der Waals surface area (Å²) in [5, 5.41) is 0. The van der Waals surface area contributed by atoms with Crippen LogP contribution < -0.4 is 0 Å². The van der Waals surface area contributed by atoms with Gasteiger partial charge in [0.15, 0.2) is 5.60 Å². The maximum Gasteiger partial charge on any atom is 0.339 e. The predicted octanol–water partition coefficient (Wildman–Crippen LogP) is 2.58. The second-order valence-electron chi connectivity index (χ2n) is 6.16. The van der Waals surface area contributed by atoms with Crippen LogP contribution in [-0.2, 0) is 19.1 Å². The molecule has 4 aliphatic rings. The van der Waals surface area contributed by atoms with Gasteiger partial charge in [-0.1, -0.05) is 0 Å². The first-order chi connectivity index (χ1) is 9.71. The number of hydrogen-bond donors (Lipinski definition) is 0. The van der Waals surface area contributed by atoms with Crippen LogP contribution in [0.25, 0.3) is 0 Å². The molecule has 0 aromatic rings. The van der Waals surface area contributed by atoms with Gasteiger partial charge >= 0.3 is 11.9 Å². The van der Waals surface area contributed by atoms with E-state index in [9.17, 15) is 9.59 Å². The fraction of sp³-hybridized carbons (Fsp3) is 0.625. The van der Waals surface area contributed by atoms with Crippen LogP contribution in [0.3, 0.4) is 0 Å². The highest BCUT2D eigenvalue weighted by Crippen LogP contribution is 2.50. The number of carbonyl (C=O) groups excluding carboxylic acids is 2. The molecule has 0 N–H and O–H groups in total. The fourth-order valence-electron chi connectivity index (χ4n) is 4.18. The smallest absolute Gasteiger partial charge is 0.339 e. The quantitative estimate of drug-likeness (QED) is 0.690. The summed E-state index contributed by atoms with van der Waals surface area (Å²) < 4.78 is 11.2. The molecule has 20 heavy (non-hydrogen) atoms. The lowest BCUT2D eigenvalue weighted by Gasteiger charge is -2.35. The minimum Gasteiger partial charge on any atom is -0.454 e. The Morgan fingerprint density at radius 1 is 1.10 bits per heavy atom. The number of esters is 2. The van der Waals surface area contributed by atoms with Crippen LogP contribution >= 0.6 is 0 Å². The van der Waals surface area contributed by atoms with Crippen LogP contribution in [0.15, 0.2) is 22.8 Å². The van der Waals surface area contributed by atoms with Gasteiger partial charge < -0.3 is 9.47 Å². The zero-order valence-electron chi connectivity index (χ0n) is 11.4. The second-order valence-corrected chi connectivity index (χ2v) is 6.16. The van der Waals surface area contributed by atoms with E-state index in [4.69, 9.17) is 9.47 Å². The molecule has 2 aliphatic heterocycles. The van der Waals surface area contributed by atoms with E-state index in [2.05, 4.69) is 0 Å². The lowest BCUT2D eigenvalue weighted by atomic mass is 9.73. The summed E-state index contributed by atoms with van der Waals surface area (Å²) in [5.41, 5.74) is 1.97. The summed E-state index contributed by atoms with van der Waals surface area (Å²) in [7, 11) is 0. The van der Waals surface area contributed by atoms with E-state index in [1.807, 2.05) is 0 Å². The van der Waals surface area contributed by atoms with Crippen LogP contribution in [0.2, 0.25) is 0 Å². The summed E-state index contributed by atoms with van der Waals surface area (Å²) in [6, 6.07) is 0. The Labute approximate surface area is 117 Å². The zero-order valence-corrected chi connectivity index (χ0v) is 11.4. The average Bonchev–Trinajstić information content (AvgIpc) is 2.94. The SMILES string of the molecule is O=C1C=C2CCCC[C@@]2(C2=C3CCCC[C@H]3OC2=O)O1. The van der Waals surface area contributed by atoms with Gasteiger partial charge in [-0.25, -0.2) is 9.59 Å². The zero-order chi connectivity index (χ0) is 13.7. The number of carbonyl (C=O) groups is 2. The van der Waals surface area contributed by atoms with E-state index in [-0.39, 0.29) is 18.0 Å². The molecule has 106 valence electrons. The fourth-order valence-corrected chi connectivity index (χ4v) is 4.18. The number of rotatable bonds is 1. The molecule has 0 saturated heterocycles. The molecule has 2 heterocycles. The van der Waals surface area contributed by atoms with Gasteiger partial charge in [0.1, 0.15) is 6.10 Å². The normalized spacial score (nSPS) is 36.2. The lowest BCUT2D eigenvalue weighted by Crippen LogP contribution is -2.39. The van der Waals surface area contributed by atoms with Crippen molar-refractivity contribution in [3.63, 3.8) is 0 Å². The molecule has 0 radical (unpaired) electrons. The van der Waals surface area contributed by atoms with Crippen molar-refractivity contribution in [3.05, 3.63) is 22.8 Å². The summed E-state index contributed by atoms with van der Waals surface area (Å²) in [6.07, 6.45) is 9.15. The van der Waals surface area contributed by atoms with Crippen molar-refractivity contribution >= 4 is 11.9 Å². The number of fused-ring (bicyclic) bond motifs is 2. The number of hydrogen-bond acceptors (Lipinski definition) is 4. The van der Waals surface area contributed by atoms with Gasteiger partial charge in [-0.3, -0.25) is 0 Å². The molecule has 2 atom stereocenters. The van der Waals surface area contributed by atoms with E-state index in [0.717, 1.165) is 62.5 Å². The van der Waals surface area contributed by atoms with Crippen LogP contribution in [0, 0.1) is 0 Å². The third-order valence-electron chi connectivity index (χ3n) is 5.04. The second kappa shape index (κ2) is 4.21. The summed E-state index contributed by atoms with van der Waals surface area (Å²) in [4.78, 5) is 24.2. The van der Waals surface area contributed by atoms with E-state index >= 15 is 0 Å². The van der Waals surface area contributed by atoms with Gasteiger partial charge in [0.05, 0.1) is 5.57 Å². The monoisotopic (exact) mass is 274 g/mol. The summed E-state index contributed by atoms with van der Waals surface area (Å²) in [6.45, 7) is 0. The Balaban J connectivity index is 1.84. The maximum atomic E-state index is 12.4. The van der Waals surface area contributed by atoms with E-state index in [1.54, 1.807) is 6.08 Å². The van der Waals surface area contributed by atoms with Crippen molar-refractivity contribution in [1.29, 1.82) is 0 Å². The van der Waals surface area contributed by atoms with Crippen molar-refractivity contribution in [1.82, 2.24) is 0 Å². The Hall–Kier alpha value is -1.58. The maximum absolute atomic E-state index is 12.4. The van der Waals surface area contributed by atoms with E-state index in [0.29, 0.717) is 5.57 Å². The van der Waals surface area contributed by atoms with Crippen LogP contribution in [0.1, 0.15) is 51.4 Å². The summed E-state index contributed by atoms with van der Waals surface area (Å²) >= 11 is 0. The predicted molar refractivity (Wildman–Crippen MR) is 70.7 cm³/mol. The first-order valence-corrected chi connectivity index (χ1v) is 7.59. The van der Waals surface area contributed by atoms with Crippen LogP contribution in [-0.4, -0.2) is 23.6 Å². The van der Waals surface area contributed by atoms with Crippen molar-refractivity contribution in [2.45, 2.75) is 63.1 Å². The van der Waals surface area contributed by atoms with Crippen LogP contribution in [0.5, 0.6) is 0 Å². The van der Waals surface area contributed by atoms with Crippen LogP contribution in [0.4, 0.5) is 0 Å². The minimum atomic E-state index is -0.784. The highest BCUT2D eigenvalue weighted by atomic mass is 16.6. The summed E-state index contributed by atoms with van der Waals surface area (Å²) in [5.74, 6) is -0.559. The molecule has 4 nitrogen and oxygen atoms in total. The first-order valence-electron chi connectivity index (χ1n) is 7.59. The molecule has 0 aromatic heterocycles. The molecule has 4 heteroatoms. The van der Waals surface area contributed by atoms with E-state index < -0.39 is 5.60 Å². The van der Waals surface area contributed by atoms with Gasteiger partial charge in [0.25, 0.3) is 0 Å². The Bertz CT molecular complexity index is 557. The first kappa shape index (κ1) is 12.2. The lowest BCUT2D eigenvalue weighted by molar-refractivity contribution is -0.148. The standard InChI is InChI=1S/C16H18O4/c17-13-9-10-5-3-4-8-16(10,20-13)14-11-6-1-2-7-12(11)19-15(14)18/h9,12H,1-8H2/t12-,16-/m1/s1. The van der Waals surface area contributed by atoms with Gasteiger partial charge in [-0.2, -0.15) is 0 Å². The topological polar surface area (TPSA) is 52.6 Å². The Kier molecular flexibility index (Phi) is 2.56. The minimum absolute atomic E-state index is 0.0666. The highest BCUT2D eigenvalue weighted by molar-refractivity contribution is 5.99. The molecule has 0 unspecified atom stereocenters. The molecule has 0 bridgehead atoms. The van der Waals surface area contributed by atoms with Gasteiger partial charge in [0, 0.05) is 6.08 Å². The highest BCUT2D eigenvalue weighted by Gasteiger charge is 2.54. The van der Waals surface area contributed by atoms with Crippen molar-refractivity contribution < 1.29 is 19.1 Å². The molecule has 0 spiro atoms. The van der Waals surface area contributed by atoms with Crippen molar-refractivity contribution in [2.75, 3.05) is 0 Å². The average molecular weight is 274 g/mol.